The third-order valence-corrected chi connectivity index (χ3v) is 6.48. The summed E-state index contributed by atoms with van der Waals surface area (Å²) in [7, 11) is -3.15. The summed E-state index contributed by atoms with van der Waals surface area (Å²) in [5.74, 6) is -0.686. The Hall–Kier alpha value is -3.32. The van der Waals surface area contributed by atoms with Gasteiger partial charge in [0.25, 0.3) is 0 Å². The minimum absolute atomic E-state index is 0.0420. The Kier molecular flexibility index (Phi) is 4.51. The molecule has 1 aliphatic carbocycles. The van der Waals surface area contributed by atoms with Crippen LogP contribution in [0.4, 0.5) is 4.39 Å². The Morgan fingerprint density at radius 2 is 1.81 bits per heavy atom. The van der Waals surface area contributed by atoms with Crippen molar-refractivity contribution in [3.63, 3.8) is 0 Å². The lowest BCUT2D eigenvalue weighted by molar-refractivity contribution is 0.0987. The molecule has 1 aliphatic rings. The van der Waals surface area contributed by atoms with Crippen molar-refractivity contribution < 1.29 is 17.6 Å². The number of sulfone groups is 1. The van der Waals surface area contributed by atoms with Gasteiger partial charge in [-0.05, 0) is 16.7 Å². The standard InChI is InChI=1S/C24H19FN2O3S/c1-31(29,30)14-15-7-9-17(10-8-15)19-13-27-22(12-20(19)25)26-23-21(28)11-18(24(23)27)16-5-3-2-4-6-16/h2-10,12-13,18H,11,14H2,1H3. The summed E-state index contributed by atoms with van der Waals surface area (Å²) in [5.41, 5.74) is 4.23. The zero-order chi connectivity index (χ0) is 21.8. The Morgan fingerprint density at radius 3 is 2.48 bits per heavy atom. The predicted octanol–water partition coefficient (Wildman–Crippen LogP) is 4.40. The number of fused-ring (bicyclic) bond motifs is 3. The van der Waals surface area contributed by atoms with E-state index in [-0.39, 0.29) is 17.5 Å². The van der Waals surface area contributed by atoms with Gasteiger partial charge in [-0.15, -0.1) is 0 Å². The molecule has 2 heterocycles. The summed E-state index contributed by atoms with van der Waals surface area (Å²) in [6, 6.07) is 17.9. The first-order chi connectivity index (χ1) is 14.8. The molecule has 1 atom stereocenters. The molecule has 0 bridgehead atoms. The number of carbonyl (C=O) groups is 1. The molecule has 0 fully saturated rings. The highest BCUT2D eigenvalue weighted by molar-refractivity contribution is 7.89. The van der Waals surface area contributed by atoms with Crippen molar-refractivity contribution >= 4 is 21.3 Å². The molecular weight excluding hydrogens is 415 g/mol. The molecule has 0 saturated heterocycles. The minimum Gasteiger partial charge on any atom is -0.302 e. The number of aromatic nitrogens is 2. The lowest BCUT2D eigenvalue weighted by atomic mass is 9.96. The van der Waals surface area contributed by atoms with Crippen molar-refractivity contribution in [2.75, 3.05) is 6.26 Å². The molecule has 0 spiro atoms. The number of pyridine rings is 1. The first-order valence-corrected chi connectivity index (χ1v) is 11.9. The van der Waals surface area contributed by atoms with E-state index in [0.29, 0.717) is 34.5 Å². The maximum absolute atomic E-state index is 14.9. The number of imidazole rings is 1. The van der Waals surface area contributed by atoms with E-state index < -0.39 is 15.7 Å². The van der Waals surface area contributed by atoms with Gasteiger partial charge in [-0.3, -0.25) is 4.79 Å². The van der Waals surface area contributed by atoms with Crippen LogP contribution in [0, 0.1) is 5.82 Å². The summed E-state index contributed by atoms with van der Waals surface area (Å²) in [6.07, 6.45) is 3.20. The van der Waals surface area contributed by atoms with Gasteiger partial charge in [0, 0.05) is 36.4 Å². The average molecular weight is 434 g/mol. The highest BCUT2D eigenvalue weighted by Crippen LogP contribution is 2.39. The number of halogens is 1. The Bertz CT molecular complexity index is 1430. The Morgan fingerprint density at radius 1 is 1.10 bits per heavy atom. The summed E-state index contributed by atoms with van der Waals surface area (Å²) in [5, 5.41) is 0. The van der Waals surface area contributed by atoms with Crippen LogP contribution in [0.15, 0.2) is 66.9 Å². The highest BCUT2D eigenvalue weighted by atomic mass is 32.2. The zero-order valence-corrected chi connectivity index (χ0v) is 17.6. The predicted molar refractivity (Wildman–Crippen MR) is 116 cm³/mol. The molecule has 0 amide bonds. The quantitative estimate of drug-likeness (QED) is 0.477. The molecule has 4 aromatic rings. The van der Waals surface area contributed by atoms with Crippen LogP contribution < -0.4 is 0 Å². The van der Waals surface area contributed by atoms with E-state index in [1.807, 2.05) is 30.3 Å². The number of ketones is 1. The third kappa shape index (κ3) is 3.55. The second-order valence-corrected chi connectivity index (χ2v) is 10.1. The molecule has 0 saturated carbocycles. The summed E-state index contributed by atoms with van der Waals surface area (Å²) < 4.78 is 39.8. The highest BCUT2D eigenvalue weighted by Gasteiger charge is 2.35. The third-order valence-electron chi connectivity index (χ3n) is 5.63. The maximum Gasteiger partial charge on any atom is 0.184 e. The van der Waals surface area contributed by atoms with Gasteiger partial charge < -0.3 is 4.40 Å². The Balaban J connectivity index is 1.62. The fourth-order valence-electron chi connectivity index (χ4n) is 4.26. The van der Waals surface area contributed by atoms with E-state index in [9.17, 15) is 17.6 Å². The number of carbonyl (C=O) groups excluding carboxylic acids is 1. The first-order valence-electron chi connectivity index (χ1n) is 9.87. The molecule has 0 aliphatic heterocycles. The van der Waals surface area contributed by atoms with Crippen LogP contribution in [-0.4, -0.2) is 29.8 Å². The summed E-state index contributed by atoms with van der Waals surface area (Å²) >= 11 is 0. The van der Waals surface area contributed by atoms with E-state index in [4.69, 9.17) is 0 Å². The number of nitrogens with zero attached hydrogens (tertiary/aromatic N) is 2. The molecule has 2 aromatic heterocycles. The molecule has 7 heteroatoms. The van der Waals surface area contributed by atoms with Gasteiger partial charge in [0.15, 0.2) is 15.6 Å². The molecule has 1 unspecified atom stereocenters. The minimum atomic E-state index is -3.15. The number of Topliss-reactive ketones (excluding diaryl/α,β-unsaturated/α-hetero) is 1. The van der Waals surface area contributed by atoms with Crippen molar-refractivity contribution in [1.82, 2.24) is 9.38 Å². The second-order valence-electron chi connectivity index (χ2n) is 7.97. The van der Waals surface area contributed by atoms with Gasteiger partial charge in [-0.2, -0.15) is 0 Å². The van der Waals surface area contributed by atoms with Gasteiger partial charge >= 0.3 is 0 Å². The molecule has 2 aromatic carbocycles. The van der Waals surface area contributed by atoms with Crippen molar-refractivity contribution in [3.05, 3.63) is 95.2 Å². The summed E-state index contributed by atoms with van der Waals surface area (Å²) in [6.45, 7) is 0. The van der Waals surface area contributed by atoms with Gasteiger partial charge in [-0.1, -0.05) is 54.6 Å². The monoisotopic (exact) mass is 434 g/mol. The van der Waals surface area contributed by atoms with Gasteiger partial charge in [0.1, 0.15) is 17.2 Å². The first kappa shape index (κ1) is 19.6. The second kappa shape index (κ2) is 7.13. The van der Waals surface area contributed by atoms with Crippen LogP contribution >= 0.6 is 0 Å². The van der Waals surface area contributed by atoms with Crippen LogP contribution in [0.1, 0.15) is 39.6 Å². The SMILES string of the molecule is CS(=O)(=O)Cc1ccc(-c2cn3c4c(nc3cc2F)C(=O)CC4c2ccccc2)cc1. The van der Waals surface area contributed by atoms with Crippen molar-refractivity contribution in [2.24, 2.45) is 0 Å². The van der Waals surface area contributed by atoms with Gasteiger partial charge in [0.05, 0.1) is 11.4 Å². The maximum atomic E-state index is 14.9. The smallest absolute Gasteiger partial charge is 0.184 e. The molecule has 31 heavy (non-hydrogen) atoms. The zero-order valence-electron chi connectivity index (χ0n) is 16.7. The molecule has 0 radical (unpaired) electrons. The number of benzene rings is 2. The van der Waals surface area contributed by atoms with Gasteiger partial charge in [0.2, 0.25) is 0 Å². The number of hydrogen-bond donors (Lipinski definition) is 0. The molecular formula is C24H19FN2O3S. The molecule has 5 nitrogen and oxygen atoms in total. The van der Waals surface area contributed by atoms with Crippen molar-refractivity contribution in [3.8, 4) is 11.1 Å². The van der Waals surface area contributed by atoms with Crippen molar-refractivity contribution in [1.29, 1.82) is 0 Å². The van der Waals surface area contributed by atoms with E-state index in [2.05, 4.69) is 4.98 Å². The van der Waals surface area contributed by atoms with Crippen LogP contribution in [0.5, 0.6) is 0 Å². The number of rotatable bonds is 4. The molecule has 0 N–H and O–H groups in total. The lowest BCUT2D eigenvalue weighted by Crippen LogP contribution is -2.03. The van der Waals surface area contributed by atoms with Crippen LogP contribution in [-0.2, 0) is 15.6 Å². The van der Waals surface area contributed by atoms with E-state index >= 15 is 0 Å². The van der Waals surface area contributed by atoms with Crippen LogP contribution in [0.2, 0.25) is 0 Å². The molecule has 5 rings (SSSR count). The fourth-order valence-corrected chi connectivity index (χ4v) is 5.05. The summed E-state index contributed by atoms with van der Waals surface area (Å²) in [4.78, 5) is 17.0. The van der Waals surface area contributed by atoms with Crippen molar-refractivity contribution in [2.45, 2.75) is 18.1 Å². The van der Waals surface area contributed by atoms with Crippen LogP contribution in [0.3, 0.4) is 0 Å². The normalized spacial score (nSPS) is 16.1. The van der Waals surface area contributed by atoms with E-state index in [1.165, 1.54) is 12.3 Å². The lowest BCUT2D eigenvalue weighted by Gasteiger charge is -2.13. The fraction of sp³-hybridized carbons (Fsp3) is 0.167. The number of hydrogen-bond acceptors (Lipinski definition) is 4. The average Bonchev–Trinajstić information content (AvgIpc) is 3.24. The van der Waals surface area contributed by atoms with E-state index in [1.54, 1.807) is 34.9 Å². The van der Waals surface area contributed by atoms with Crippen LogP contribution in [0.25, 0.3) is 16.8 Å². The Labute approximate surface area is 179 Å². The van der Waals surface area contributed by atoms with Gasteiger partial charge in [-0.25, -0.2) is 17.8 Å². The molecule has 156 valence electrons. The van der Waals surface area contributed by atoms with E-state index in [0.717, 1.165) is 11.3 Å². The largest absolute Gasteiger partial charge is 0.302 e. The topological polar surface area (TPSA) is 68.5 Å².